The third-order valence-corrected chi connectivity index (χ3v) is 5.56. The number of hydrogen-bond donors (Lipinski definition) is 2. The molecule has 9 heteroatoms. The van der Waals surface area contributed by atoms with Crippen LogP contribution in [0.25, 0.3) is 22.4 Å². The molecule has 0 atom stereocenters. The van der Waals surface area contributed by atoms with Gasteiger partial charge in [-0.15, -0.1) is 0 Å². The largest absolute Gasteiger partial charge is 0.354 e. The van der Waals surface area contributed by atoms with Crippen molar-refractivity contribution in [1.29, 1.82) is 0 Å². The Balaban J connectivity index is 1.63. The molecule has 4 heterocycles. The standard InChI is InChI=1S/C27H25FN6O2/c1-16-15-33-24(34-25(35)19-7-10-32-23(13-19)27(2,3)28)14-20(16)17-5-8-30-21(11-17)18-6-9-31-22(12-18)26(36)29-4/h5-15H,1-4H3,(H,29,36)(H,33,34,35). The predicted molar refractivity (Wildman–Crippen MR) is 135 cm³/mol. The van der Waals surface area contributed by atoms with Crippen molar-refractivity contribution >= 4 is 17.6 Å². The summed E-state index contributed by atoms with van der Waals surface area (Å²) in [6, 6.07) is 11.9. The molecule has 0 saturated carbocycles. The van der Waals surface area contributed by atoms with Crippen LogP contribution in [0.1, 0.15) is 46.0 Å². The SMILES string of the molecule is CNC(=O)c1cc(-c2cc(-c3cc(NC(=O)c4ccnc(C(C)(C)F)c4)ncc3C)ccn2)ccn1. The minimum Gasteiger partial charge on any atom is -0.354 e. The number of hydrogen-bond acceptors (Lipinski definition) is 6. The molecule has 0 unspecified atom stereocenters. The highest BCUT2D eigenvalue weighted by atomic mass is 19.1. The van der Waals surface area contributed by atoms with E-state index in [-0.39, 0.29) is 17.2 Å². The maximum atomic E-state index is 14.3. The number of anilines is 1. The molecule has 2 N–H and O–H groups in total. The van der Waals surface area contributed by atoms with Gasteiger partial charge in [0.15, 0.2) is 0 Å². The molecule has 4 rings (SSSR count). The summed E-state index contributed by atoms with van der Waals surface area (Å²) >= 11 is 0. The Morgan fingerprint density at radius 3 is 2.33 bits per heavy atom. The highest BCUT2D eigenvalue weighted by Gasteiger charge is 2.22. The Hall–Kier alpha value is -4.53. The first kappa shape index (κ1) is 24.6. The third-order valence-electron chi connectivity index (χ3n) is 5.56. The van der Waals surface area contributed by atoms with Gasteiger partial charge in [-0.3, -0.25) is 24.5 Å². The molecule has 8 nitrogen and oxygen atoms in total. The predicted octanol–water partition coefficient (Wildman–Crippen LogP) is 4.73. The number of carbonyl (C=O) groups is 2. The fraction of sp³-hybridized carbons (Fsp3) is 0.185. The van der Waals surface area contributed by atoms with E-state index < -0.39 is 11.6 Å². The van der Waals surface area contributed by atoms with Crippen molar-refractivity contribution in [1.82, 2.24) is 25.3 Å². The number of pyridine rings is 4. The number of nitrogens with one attached hydrogen (secondary N) is 2. The van der Waals surface area contributed by atoms with Crippen LogP contribution < -0.4 is 10.6 Å². The zero-order chi connectivity index (χ0) is 25.9. The highest BCUT2D eigenvalue weighted by molar-refractivity contribution is 6.04. The Labute approximate surface area is 208 Å². The Morgan fingerprint density at radius 2 is 1.58 bits per heavy atom. The molecule has 4 aromatic rings. The number of nitrogens with zero attached hydrogens (tertiary/aromatic N) is 4. The minimum absolute atomic E-state index is 0.174. The molecule has 0 fully saturated rings. The van der Waals surface area contributed by atoms with Gasteiger partial charge in [0.05, 0.1) is 11.4 Å². The average Bonchev–Trinajstić information content (AvgIpc) is 2.89. The average molecular weight is 485 g/mol. The lowest BCUT2D eigenvalue weighted by Crippen LogP contribution is -2.19. The van der Waals surface area contributed by atoms with Crippen molar-refractivity contribution in [3.05, 3.63) is 89.8 Å². The summed E-state index contributed by atoms with van der Waals surface area (Å²) < 4.78 is 14.3. The number of carbonyl (C=O) groups excluding carboxylic acids is 2. The van der Waals surface area contributed by atoms with Crippen LogP contribution in [0.5, 0.6) is 0 Å². The summed E-state index contributed by atoms with van der Waals surface area (Å²) in [5.41, 5.74) is 3.11. The lowest BCUT2D eigenvalue weighted by molar-refractivity contribution is 0.0957. The van der Waals surface area contributed by atoms with E-state index in [1.165, 1.54) is 32.2 Å². The van der Waals surface area contributed by atoms with E-state index in [9.17, 15) is 14.0 Å². The number of alkyl halides is 1. The summed E-state index contributed by atoms with van der Waals surface area (Å²) in [5.74, 6) is -0.350. The van der Waals surface area contributed by atoms with Crippen LogP contribution in [0, 0.1) is 6.92 Å². The number of aryl methyl sites for hydroxylation is 1. The van der Waals surface area contributed by atoms with Crippen molar-refractivity contribution in [2.24, 2.45) is 0 Å². The highest BCUT2D eigenvalue weighted by Crippen LogP contribution is 2.29. The second-order valence-electron chi connectivity index (χ2n) is 8.68. The molecule has 0 aliphatic rings. The van der Waals surface area contributed by atoms with Gasteiger partial charge in [-0.2, -0.15) is 0 Å². The van der Waals surface area contributed by atoms with E-state index in [2.05, 4.69) is 30.6 Å². The van der Waals surface area contributed by atoms with Crippen molar-refractivity contribution in [2.45, 2.75) is 26.4 Å². The van der Waals surface area contributed by atoms with Crippen molar-refractivity contribution < 1.29 is 14.0 Å². The minimum atomic E-state index is -1.67. The third kappa shape index (κ3) is 5.41. The first-order valence-electron chi connectivity index (χ1n) is 11.2. The van der Waals surface area contributed by atoms with E-state index >= 15 is 0 Å². The van der Waals surface area contributed by atoms with Gasteiger partial charge in [0.25, 0.3) is 11.8 Å². The van der Waals surface area contributed by atoms with Gasteiger partial charge in [0.2, 0.25) is 0 Å². The second kappa shape index (κ2) is 9.99. The summed E-state index contributed by atoms with van der Waals surface area (Å²) in [5, 5.41) is 5.34. The Morgan fingerprint density at radius 1 is 0.861 bits per heavy atom. The maximum Gasteiger partial charge on any atom is 0.269 e. The van der Waals surface area contributed by atoms with Gasteiger partial charge in [-0.25, -0.2) is 9.37 Å². The number of amides is 2. The number of rotatable bonds is 6. The summed E-state index contributed by atoms with van der Waals surface area (Å²) in [6.07, 6.45) is 6.32. The summed E-state index contributed by atoms with van der Waals surface area (Å²) in [6.45, 7) is 4.70. The molecular formula is C27H25FN6O2. The van der Waals surface area contributed by atoms with E-state index in [1.54, 1.807) is 43.8 Å². The van der Waals surface area contributed by atoms with Crippen LogP contribution in [-0.4, -0.2) is 38.8 Å². The van der Waals surface area contributed by atoms with E-state index in [4.69, 9.17) is 0 Å². The molecule has 182 valence electrons. The molecule has 4 aromatic heterocycles. The van der Waals surface area contributed by atoms with E-state index in [1.807, 2.05) is 19.1 Å². The van der Waals surface area contributed by atoms with E-state index in [0.717, 1.165) is 22.3 Å². The van der Waals surface area contributed by atoms with Crippen LogP contribution in [0.3, 0.4) is 0 Å². The normalized spacial score (nSPS) is 11.1. The van der Waals surface area contributed by atoms with Gasteiger partial charge < -0.3 is 10.6 Å². The molecule has 36 heavy (non-hydrogen) atoms. The quantitative estimate of drug-likeness (QED) is 0.410. The van der Waals surface area contributed by atoms with Crippen LogP contribution in [0.4, 0.5) is 10.2 Å². The second-order valence-corrected chi connectivity index (χ2v) is 8.68. The monoisotopic (exact) mass is 484 g/mol. The number of halogens is 1. The molecule has 2 amide bonds. The molecule has 0 aromatic carbocycles. The zero-order valence-corrected chi connectivity index (χ0v) is 20.3. The molecule has 0 aliphatic carbocycles. The fourth-order valence-corrected chi connectivity index (χ4v) is 3.59. The Bertz CT molecular complexity index is 1450. The van der Waals surface area contributed by atoms with Gasteiger partial charge in [0, 0.05) is 43.0 Å². The fourth-order valence-electron chi connectivity index (χ4n) is 3.59. The maximum absolute atomic E-state index is 14.3. The van der Waals surface area contributed by atoms with Crippen molar-refractivity contribution in [3.8, 4) is 22.4 Å². The van der Waals surface area contributed by atoms with Crippen LogP contribution in [0.2, 0.25) is 0 Å². The van der Waals surface area contributed by atoms with Gasteiger partial charge >= 0.3 is 0 Å². The molecule has 0 spiro atoms. The van der Waals surface area contributed by atoms with Crippen molar-refractivity contribution in [3.63, 3.8) is 0 Å². The van der Waals surface area contributed by atoms with Gasteiger partial charge in [-0.1, -0.05) is 0 Å². The summed E-state index contributed by atoms with van der Waals surface area (Å²) in [4.78, 5) is 41.7. The van der Waals surface area contributed by atoms with Gasteiger partial charge in [0.1, 0.15) is 17.2 Å². The lowest BCUT2D eigenvalue weighted by Gasteiger charge is -2.14. The van der Waals surface area contributed by atoms with Crippen LogP contribution >= 0.6 is 0 Å². The summed E-state index contributed by atoms with van der Waals surface area (Å²) in [7, 11) is 1.55. The first-order chi connectivity index (χ1) is 17.2. The number of aromatic nitrogens is 4. The van der Waals surface area contributed by atoms with Crippen LogP contribution in [-0.2, 0) is 5.67 Å². The van der Waals surface area contributed by atoms with Gasteiger partial charge in [-0.05, 0) is 79.9 Å². The topological polar surface area (TPSA) is 110 Å². The molecule has 0 bridgehead atoms. The lowest BCUT2D eigenvalue weighted by atomic mass is 10.0. The molecule has 0 saturated heterocycles. The molecule has 0 aliphatic heterocycles. The Kier molecular flexibility index (Phi) is 6.82. The van der Waals surface area contributed by atoms with Crippen molar-refractivity contribution in [2.75, 3.05) is 12.4 Å². The van der Waals surface area contributed by atoms with E-state index in [0.29, 0.717) is 17.2 Å². The molecular weight excluding hydrogens is 459 g/mol. The first-order valence-corrected chi connectivity index (χ1v) is 11.2. The molecule has 0 radical (unpaired) electrons. The smallest absolute Gasteiger partial charge is 0.269 e. The zero-order valence-electron chi connectivity index (χ0n) is 20.3. The van der Waals surface area contributed by atoms with Crippen LogP contribution in [0.15, 0.2) is 67.3 Å².